The van der Waals surface area contributed by atoms with Crippen LogP contribution in [0.4, 0.5) is 17.1 Å². The van der Waals surface area contributed by atoms with E-state index in [4.69, 9.17) is 10.3 Å². The second kappa shape index (κ2) is 6.79. The van der Waals surface area contributed by atoms with Crippen molar-refractivity contribution in [1.82, 2.24) is 5.01 Å². The van der Waals surface area contributed by atoms with Gasteiger partial charge in [0.25, 0.3) is 10.1 Å². The topological polar surface area (TPSA) is 132 Å². The number of hydrogen-bond acceptors (Lipinski definition) is 8. The summed E-state index contributed by atoms with van der Waals surface area (Å²) in [4.78, 5) is 7.96. The molecule has 2 aromatic rings. The van der Waals surface area contributed by atoms with Crippen LogP contribution in [0.25, 0.3) is 0 Å². The van der Waals surface area contributed by atoms with Crippen molar-refractivity contribution in [3.05, 3.63) is 48.5 Å². The van der Waals surface area contributed by atoms with Gasteiger partial charge in [-0.25, -0.2) is 15.0 Å². The van der Waals surface area contributed by atoms with Gasteiger partial charge in [0.05, 0.1) is 10.6 Å². The molecule has 130 valence electrons. The maximum absolute atomic E-state index is 11.3. The maximum atomic E-state index is 11.3. The Hall–Kier alpha value is -3.11. The molecule has 25 heavy (non-hydrogen) atoms. The van der Waals surface area contributed by atoms with Crippen molar-refractivity contribution in [3.63, 3.8) is 0 Å². The largest absolute Gasteiger partial charge is 0.399 e. The van der Waals surface area contributed by atoms with E-state index < -0.39 is 16.4 Å². The molecule has 0 fully saturated rings. The van der Waals surface area contributed by atoms with E-state index in [1.165, 1.54) is 30.9 Å². The fourth-order valence-corrected chi connectivity index (χ4v) is 2.71. The Bertz CT molecular complexity index is 928. The van der Waals surface area contributed by atoms with Gasteiger partial charge in [-0.2, -0.15) is 8.42 Å². The highest BCUT2D eigenvalue weighted by molar-refractivity contribution is 7.85. The van der Waals surface area contributed by atoms with Crippen molar-refractivity contribution < 1.29 is 13.0 Å². The first kappa shape index (κ1) is 16.7. The Balaban J connectivity index is 1.78. The molecule has 1 aliphatic heterocycles. The molecule has 5 N–H and O–H groups in total. The van der Waals surface area contributed by atoms with Crippen molar-refractivity contribution >= 4 is 39.9 Å². The zero-order valence-electron chi connectivity index (χ0n) is 12.9. The second-order valence-corrected chi connectivity index (χ2v) is 6.62. The SMILES string of the molecule is Nc1cccc(NC2N=CN=CN2Nc2cccc(S(=O)(=O)O)c2)c1. The first-order chi connectivity index (χ1) is 11.9. The Morgan fingerprint density at radius 1 is 1.12 bits per heavy atom. The molecular formula is C15H16N6O3S. The molecule has 0 amide bonds. The molecule has 9 nitrogen and oxygen atoms in total. The fraction of sp³-hybridized carbons (Fsp3) is 0.0667. The summed E-state index contributed by atoms with van der Waals surface area (Å²) in [5.74, 6) is 0. The molecule has 0 bridgehead atoms. The number of aliphatic imine (C=N–C) groups is 2. The summed E-state index contributed by atoms with van der Waals surface area (Å²) in [6, 6.07) is 12.9. The molecule has 0 saturated carbocycles. The number of rotatable bonds is 5. The summed E-state index contributed by atoms with van der Waals surface area (Å²) in [6.45, 7) is 0. The van der Waals surface area contributed by atoms with Crippen LogP contribution in [0, 0.1) is 0 Å². The van der Waals surface area contributed by atoms with Crippen LogP contribution in [0.3, 0.4) is 0 Å². The highest BCUT2D eigenvalue weighted by Gasteiger charge is 2.18. The predicted octanol–water partition coefficient (Wildman–Crippen LogP) is 1.61. The smallest absolute Gasteiger partial charge is 0.294 e. The number of anilines is 3. The van der Waals surface area contributed by atoms with Crippen molar-refractivity contribution in [2.75, 3.05) is 16.5 Å². The number of nitrogen functional groups attached to an aromatic ring is 1. The zero-order chi connectivity index (χ0) is 17.9. The normalized spacial score (nSPS) is 16.7. The summed E-state index contributed by atoms with van der Waals surface area (Å²) in [6.07, 6.45) is 2.36. The van der Waals surface area contributed by atoms with Gasteiger partial charge >= 0.3 is 0 Å². The van der Waals surface area contributed by atoms with Gasteiger partial charge < -0.3 is 11.1 Å². The van der Waals surface area contributed by atoms with E-state index in [9.17, 15) is 8.42 Å². The lowest BCUT2D eigenvalue weighted by molar-refractivity contribution is 0.415. The number of hydrazine groups is 1. The average molecular weight is 360 g/mol. The van der Waals surface area contributed by atoms with Gasteiger partial charge in [-0.1, -0.05) is 12.1 Å². The summed E-state index contributed by atoms with van der Waals surface area (Å²) >= 11 is 0. The number of benzene rings is 2. The summed E-state index contributed by atoms with van der Waals surface area (Å²) in [5.41, 5.74) is 10.6. The zero-order valence-corrected chi connectivity index (χ0v) is 13.8. The van der Waals surface area contributed by atoms with Gasteiger partial charge in [-0.05, 0) is 36.4 Å². The van der Waals surface area contributed by atoms with Crippen LogP contribution in [-0.4, -0.2) is 36.9 Å². The van der Waals surface area contributed by atoms with E-state index in [2.05, 4.69) is 20.7 Å². The molecule has 2 aromatic carbocycles. The summed E-state index contributed by atoms with van der Waals surface area (Å²) in [7, 11) is -4.28. The number of nitrogens with zero attached hydrogens (tertiary/aromatic N) is 3. The van der Waals surface area contributed by atoms with Gasteiger partial charge in [0.15, 0.2) is 0 Å². The van der Waals surface area contributed by atoms with Crippen molar-refractivity contribution in [3.8, 4) is 0 Å². The van der Waals surface area contributed by atoms with Crippen LogP contribution in [0.15, 0.2) is 63.4 Å². The standard InChI is InChI=1S/C15H16N6O3S/c16-11-3-1-4-12(7-11)19-15-18-9-17-10-21(15)20-13-5-2-6-14(8-13)25(22,23)24/h1-10,15,19-20H,16H2,(H,22,23,24). The van der Waals surface area contributed by atoms with Gasteiger partial charge in [-0.15, -0.1) is 0 Å². The lowest BCUT2D eigenvalue weighted by atomic mass is 10.3. The molecule has 1 atom stereocenters. The number of hydrogen-bond donors (Lipinski definition) is 4. The molecule has 10 heteroatoms. The van der Waals surface area contributed by atoms with Crippen molar-refractivity contribution in [2.24, 2.45) is 9.98 Å². The lowest BCUT2D eigenvalue weighted by Gasteiger charge is -2.30. The van der Waals surface area contributed by atoms with E-state index in [0.29, 0.717) is 11.4 Å². The molecule has 0 aromatic heterocycles. The van der Waals surface area contributed by atoms with Crippen molar-refractivity contribution in [1.29, 1.82) is 0 Å². The molecule has 0 spiro atoms. The van der Waals surface area contributed by atoms with Gasteiger partial charge in [0.1, 0.15) is 12.7 Å². The second-order valence-electron chi connectivity index (χ2n) is 5.19. The number of nitrogens with one attached hydrogen (secondary N) is 2. The summed E-state index contributed by atoms with van der Waals surface area (Å²) in [5, 5.41) is 4.71. The Morgan fingerprint density at radius 2 is 1.88 bits per heavy atom. The minimum atomic E-state index is -4.28. The molecule has 0 aliphatic carbocycles. The van der Waals surface area contributed by atoms with Crippen LogP contribution in [0.1, 0.15) is 0 Å². The van der Waals surface area contributed by atoms with Crippen LogP contribution in [0.5, 0.6) is 0 Å². The maximum Gasteiger partial charge on any atom is 0.294 e. The van der Waals surface area contributed by atoms with Crippen molar-refractivity contribution in [2.45, 2.75) is 11.2 Å². The minimum Gasteiger partial charge on any atom is -0.399 e. The first-order valence-corrected chi connectivity index (χ1v) is 8.65. The Kier molecular flexibility index (Phi) is 4.55. The predicted molar refractivity (Wildman–Crippen MR) is 97.0 cm³/mol. The molecular weight excluding hydrogens is 344 g/mol. The fourth-order valence-electron chi connectivity index (χ4n) is 2.19. The molecule has 1 heterocycles. The van der Waals surface area contributed by atoms with E-state index >= 15 is 0 Å². The highest BCUT2D eigenvalue weighted by Crippen LogP contribution is 2.19. The van der Waals surface area contributed by atoms with Gasteiger partial charge in [-0.3, -0.25) is 9.98 Å². The third-order valence-electron chi connectivity index (χ3n) is 3.30. The third kappa shape index (κ3) is 4.25. The van der Waals surface area contributed by atoms with E-state index in [-0.39, 0.29) is 4.90 Å². The lowest BCUT2D eigenvalue weighted by Crippen LogP contribution is -2.44. The third-order valence-corrected chi connectivity index (χ3v) is 4.15. The average Bonchev–Trinajstić information content (AvgIpc) is 2.56. The van der Waals surface area contributed by atoms with E-state index in [1.807, 2.05) is 12.1 Å². The summed E-state index contributed by atoms with van der Waals surface area (Å²) < 4.78 is 31.7. The molecule has 3 rings (SSSR count). The van der Waals surface area contributed by atoms with E-state index in [0.717, 1.165) is 5.69 Å². The first-order valence-electron chi connectivity index (χ1n) is 7.21. The van der Waals surface area contributed by atoms with Gasteiger partial charge in [0, 0.05) is 11.4 Å². The van der Waals surface area contributed by atoms with Crippen LogP contribution in [-0.2, 0) is 10.1 Å². The highest BCUT2D eigenvalue weighted by atomic mass is 32.2. The van der Waals surface area contributed by atoms with Crippen LogP contribution in [0.2, 0.25) is 0 Å². The molecule has 0 radical (unpaired) electrons. The monoisotopic (exact) mass is 360 g/mol. The Labute approximate surface area is 144 Å². The number of nitrogens with two attached hydrogens (primary N) is 1. The molecule has 1 unspecified atom stereocenters. The molecule has 0 saturated heterocycles. The Morgan fingerprint density at radius 3 is 2.64 bits per heavy atom. The quantitative estimate of drug-likeness (QED) is 0.470. The van der Waals surface area contributed by atoms with Crippen LogP contribution < -0.4 is 16.5 Å². The van der Waals surface area contributed by atoms with Crippen LogP contribution >= 0.6 is 0 Å². The van der Waals surface area contributed by atoms with E-state index in [1.54, 1.807) is 23.2 Å². The minimum absolute atomic E-state index is 0.213. The van der Waals surface area contributed by atoms with Gasteiger partial charge in [0.2, 0.25) is 6.29 Å². The molecule has 1 aliphatic rings.